The zero-order valence-corrected chi connectivity index (χ0v) is 12.2. The molecule has 0 saturated carbocycles. The van der Waals surface area contributed by atoms with Crippen molar-refractivity contribution in [2.75, 3.05) is 0 Å². The fourth-order valence-electron chi connectivity index (χ4n) is 2.10. The van der Waals surface area contributed by atoms with Gasteiger partial charge >= 0.3 is 0 Å². The van der Waals surface area contributed by atoms with E-state index in [1.54, 1.807) is 0 Å². The van der Waals surface area contributed by atoms with Gasteiger partial charge in [0.1, 0.15) is 0 Å². The van der Waals surface area contributed by atoms with Crippen molar-refractivity contribution >= 4 is 11.6 Å². The molecule has 94 valence electrons. The van der Waals surface area contributed by atoms with Crippen LogP contribution in [-0.2, 0) is 5.41 Å². The molecule has 0 amide bonds. The standard InChI is InChI=1S/C17H19Cl/c1-12-11-15(18)9-10-16(12)13-5-7-14(8-6-13)17(2,3)4/h5-11H,1-4H3. The minimum absolute atomic E-state index is 0.202. The molecule has 0 N–H and O–H groups in total. The van der Waals surface area contributed by atoms with Gasteiger partial charge in [-0.05, 0) is 46.7 Å². The van der Waals surface area contributed by atoms with Crippen LogP contribution in [0.15, 0.2) is 42.5 Å². The summed E-state index contributed by atoms with van der Waals surface area (Å²) < 4.78 is 0. The van der Waals surface area contributed by atoms with Gasteiger partial charge in [0, 0.05) is 5.02 Å². The molecule has 0 bridgehead atoms. The van der Waals surface area contributed by atoms with E-state index in [0.29, 0.717) is 0 Å². The van der Waals surface area contributed by atoms with Crippen molar-refractivity contribution in [1.82, 2.24) is 0 Å². The van der Waals surface area contributed by atoms with Crippen LogP contribution in [0.4, 0.5) is 0 Å². The lowest BCUT2D eigenvalue weighted by molar-refractivity contribution is 0.590. The van der Waals surface area contributed by atoms with Crippen molar-refractivity contribution in [3.05, 3.63) is 58.6 Å². The minimum Gasteiger partial charge on any atom is -0.0843 e. The van der Waals surface area contributed by atoms with Crippen molar-refractivity contribution in [3.8, 4) is 11.1 Å². The van der Waals surface area contributed by atoms with E-state index in [0.717, 1.165) is 5.02 Å². The molecule has 0 atom stereocenters. The molecule has 0 aliphatic carbocycles. The van der Waals surface area contributed by atoms with Crippen LogP contribution in [0.25, 0.3) is 11.1 Å². The van der Waals surface area contributed by atoms with Crippen LogP contribution < -0.4 is 0 Å². The second-order valence-electron chi connectivity index (χ2n) is 5.79. The zero-order valence-electron chi connectivity index (χ0n) is 11.4. The number of hydrogen-bond donors (Lipinski definition) is 0. The first kappa shape index (κ1) is 13.2. The fraction of sp³-hybridized carbons (Fsp3) is 0.294. The first-order valence-corrected chi connectivity index (χ1v) is 6.63. The highest BCUT2D eigenvalue weighted by atomic mass is 35.5. The molecular formula is C17H19Cl. The summed E-state index contributed by atoms with van der Waals surface area (Å²) in [6.45, 7) is 8.79. The van der Waals surface area contributed by atoms with Gasteiger partial charge in [0.25, 0.3) is 0 Å². The molecule has 0 aliphatic rings. The zero-order chi connectivity index (χ0) is 13.3. The van der Waals surface area contributed by atoms with Crippen molar-refractivity contribution in [1.29, 1.82) is 0 Å². The number of hydrogen-bond acceptors (Lipinski definition) is 0. The molecule has 2 rings (SSSR count). The Labute approximate surface area is 115 Å². The van der Waals surface area contributed by atoms with Crippen LogP contribution >= 0.6 is 11.6 Å². The monoisotopic (exact) mass is 258 g/mol. The first-order valence-electron chi connectivity index (χ1n) is 6.25. The molecule has 0 nitrogen and oxygen atoms in total. The van der Waals surface area contributed by atoms with Crippen LogP contribution in [0.5, 0.6) is 0 Å². The molecular weight excluding hydrogens is 240 g/mol. The van der Waals surface area contributed by atoms with Gasteiger partial charge in [0.15, 0.2) is 0 Å². The molecule has 0 aliphatic heterocycles. The fourth-order valence-corrected chi connectivity index (χ4v) is 2.33. The van der Waals surface area contributed by atoms with Crippen LogP contribution in [0.3, 0.4) is 0 Å². The maximum Gasteiger partial charge on any atom is 0.0409 e. The number of halogens is 1. The maximum atomic E-state index is 5.99. The number of benzene rings is 2. The Kier molecular flexibility index (Phi) is 3.49. The predicted molar refractivity (Wildman–Crippen MR) is 80.3 cm³/mol. The number of aryl methyl sites for hydroxylation is 1. The average molecular weight is 259 g/mol. The Morgan fingerprint density at radius 2 is 1.50 bits per heavy atom. The molecule has 2 aromatic carbocycles. The highest BCUT2D eigenvalue weighted by molar-refractivity contribution is 6.30. The Hall–Kier alpha value is -1.27. The largest absolute Gasteiger partial charge is 0.0843 e. The van der Waals surface area contributed by atoms with E-state index < -0.39 is 0 Å². The Morgan fingerprint density at radius 3 is 2.00 bits per heavy atom. The second-order valence-corrected chi connectivity index (χ2v) is 6.22. The highest BCUT2D eigenvalue weighted by Gasteiger charge is 2.13. The van der Waals surface area contributed by atoms with Crippen molar-refractivity contribution in [2.24, 2.45) is 0 Å². The summed E-state index contributed by atoms with van der Waals surface area (Å²) in [4.78, 5) is 0. The molecule has 1 heteroatoms. The van der Waals surface area contributed by atoms with E-state index in [2.05, 4.69) is 58.0 Å². The van der Waals surface area contributed by atoms with Crippen LogP contribution in [-0.4, -0.2) is 0 Å². The van der Waals surface area contributed by atoms with E-state index in [1.807, 2.05) is 12.1 Å². The molecule has 0 fully saturated rings. The van der Waals surface area contributed by atoms with Gasteiger partial charge in [0.05, 0.1) is 0 Å². The molecule has 2 aromatic rings. The molecule has 0 unspecified atom stereocenters. The van der Waals surface area contributed by atoms with Crippen molar-refractivity contribution in [2.45, 2.75) is 33.1 Å². The van der Waals surface area contributed by atoms with Gasteiger partial charge in [-0.25, -0.2) is 0 Å². The smallest absolute Gasteiger partial charge is 0.0409 e. The third kappa shape index (κ3) is 2.76. The predicted octanol–water partition coefficient (Wildman–Crippen LogP) is 5.61. The van der Waals surface area contributed by atoms with Crippen LogP contribution in [0, 0.1) is 6.92 Å². The SMILES string of the molecule is Cc1cc(Cl)ccc1-c1ccc(C(C)(C)C)cc1. The second kappa shape index (κ2) is 4.78. The van der Waals surface area contributed by atoms with E-state index in [9.17, 15) is 0 Å². The van der Waals surface area contributed by atoms with E-state index in [1.165, 1.54) is 22.3 Å². The first-order chi connectivity index (χ1) is 8.38. The molecule has 0 radical (unpaired) electrons. The van der Waals surface area contributed by atoms with Gasteiger partial charge < -0.3 is 0 Å². The highest BCUT2D eigenvalue weighted by Crippen LogP contribution is 2.29. The number of rotatable bonds is 1. The normalized spacial score (nSPS) is 11.6. The minimum atomic E-state index is 0.202. The summed E-state index contributed by atoms with van der Waals surface area (Å²) >= 11 is 5.99. The quantitative estimate of drug-likeness (QED) is 0.623. The van der Waals surface area contributed by atoms with Gasteiger partial charge in [0.2, 0.25) is 0 Å². The molecule has 0 heterocycles. The van der Waals surface area contributed by atoms with Gasteiger partial charge in [-0.1, -0.05) is 62.7 Å². The summed E-state index contributed by atoms with van der Waals surface area (Å²) in [6, 6.07) is 14.8. The third-order valence-electron chi connectivity index (χ3n) is 3.25. The summed E-state index contributed by atoms with van der Waals surface area (Å²) in [5, 5.41) is 0.794. The molecule has 0 saturated heterocycles. The van der Waals surface area contributed by atoms with Gasteiger partial charge in [-0.2, -0.15) is 0 Å². The van der Waals surface area contributed by atoms with Gasteiger partial charge in [-0.15, -0.1) is 0 Å². The van der Waals surface area contributed by atoms with E-state index >= 15 is 0 Å². The summed E-state index contributed by atoms with van der Waals surface area (Å²) in [5.41, 5.74) is 5.27. The average Bonchev–Trinajstić information content (AvgIpc) is 2.28. The summed E-state index contributed by atoms with van der Waals surface area (Å²) in [7, 11) is 0. The van der Waals surface area contributed by atoms with E-state index in [4.69, 9.17) is 11.6 Å². The molecule has 18 heavy (non-hydrogen) atoms. The Bertz CT molecular complexity index is 545. The summed E-state index contributed by atoms with van der Waals surface area (Å²) in [6.07, 6.45) is 0. The molecule has 0 aromatic heterocycles. The van der Waals surface area contributed by atoms with Crippen molar-refractivity contribution < 1.29 is 0 Å². The van der Waals surface area contributed by atoms with E-state index in [-0.39, 0.29) is 5.41 Å². The molecule has 0 spiro atoms. The lowest BCUT2D eigenvalue weighted by Crippen LogP contribution is -2.10. The Balaban J connectivity index is 2.41. The maximum absolute atomic E-state index is 5.99. The Morgan fingerprint density at radius 1 is 0.889 bits per heavy atom. The third-order valence-corrected chi connectivity index (χ3v) is 3.49. The summed E-state index contributed by atoms with van der Waals surface area (Å²) in [5.74, 6) is 0. The lowest BCUT2D eigenvalue weighted by Gasteiger charge is -2.19. The van der Waals surface area contributed by atoms with Crippen molar-refractivity contribution in [3.63, 3.8) is 0 Å². The topological polar surface area (TPSA) is 0 Å². The van der Waals surface area contributed by atoms with Crippen LogP contribution in [0.1, 0.15) is 31.9 Å². The van der Waals surface area contributed by atoms with Crippen LogP contribution in [0.2, 0.25) is 5.02 Å². The van der Waals surface area contributed by atoms with Gasteiger partial charge in [-0.3, -0.25) is 0 Å². The lowest BCUT2D eigenvalue weighted by atomic mass is 9.86.